The molecule has 0 bridgehead atoms. The maximum atomic E-state index is 13.5. The molecule has 3 aromatic carbocycles. The molecule has 32 heavy (non-hydrogen) atoms. The Morgan fingerprint density at radius 1 is 0.844 bits per heavy atom. The molecular formula is C26H23NO4S. The molecule has 5 nitrogen and oxygen atoms in total. The van der Waals surface area contributed by atoms with Crippen LogP contribution in [0.15, 0.2) is 83.8 Å². The van der Waals surface area contributed by atoms with Gasteiger partial charge in [-0.25, -0.2) is 4.90 Å². The number of carbonyl (C=O) groups excluding carboxylic acids is 2. The van der Waals surface area contributed by atoms with E-state index < -0.39 is 0 Å². The summed E-state index contributed by atoms with van der Waals surface area (Å²) < 4.78 is 10.8. The fraction of sp³-hybridized carbons (Fsp3) is 0.154. The molecular weight excluding hydrogens is 422 g/mol. The van der Waals surface area contributed by atoms with E-state index in [9.17, 15) is 9.59 Å². The highest BCUT2D eigenvalue weighted by molar-refractivity contribution is 8.03. The predicted octanol–water partition coefficient (Wildman–Crippen LogP) is 5.31. The molecule has 0 radical (unpaired) electrons. The summed E-state index contributed by atoms with van der Waals surface area (Å²) in [6, 6.07) is 24.1. The van der Waals surface area contributed by atoms with Gasteiger partial charge in [0, 0.05) is 11.8 Å². The second-order valence-electron chi connectivity index (χ2n) is 7.08. The molecule has 4 rings (SSSR count). The van der Waals surface area contributed by atoms with Gasteiger partial charge in [0.1, 0.15) is 11.5 Å². The lowest BCUT2D eigenvalue weighted by Crippen LogP contribution is -2.31. The summed E-state index contributed by atoms with van der Waals surface area (Å²) >= 11 is 1.38. The maximum Gasteiger partial charge on any atom is 0.272 e. The summed E-state index contributed by atoms with van der Waals surface area (Å²) in [4.78, 5) is 28.7. The average molecular weight is 446 g/mol. The number of imide groups is 1. The highest BCUT2D eigenvalue weighted by Crippen LogP contribution is 2.40. The van der Waals surface area contributed by atoms with Gasteiger partial charge in [0.2, 0.25) is 0 Å². The Labute approximate surface area is 191 Å². The molecule has 0 saturated carbocycles. The highest BCUT2D eigenvalue weighted by atomic mass is 32.2. The molecule has 1 heterocycles. The number of hydrogen-bond donors (Lipinski definition) is 0. The van der Waals surface area contributed by atoms with E-state index in [0.29, 0.717) is 45.6 Å². The number of carbonyl (C=O) groups is 2. The lowest BCUT2D eigenvalue weighted by molar-refractivity contribution is -0.119. The third-order valence-electron chi connectivity index (χ3n) is 5.03. The maximum absolute atomic E-state index is 13.5. The summed E-state index contributed by atoms with van der Waals surface area (Å²) in [5.74, 6) is 1.22. The number of benzene rings is 3. The normalized spacial score (nSPS) is 13.6. The van der Waals surface area contributed by atoms with Gasteiger partial charge < -0.3 is 9.47 Å². The molecule has 6 heteroatoms. The molecule has 0 fully saturated rings. The fourth-order valence-electron chi connectivity index (χ4n) is 3.50. The third-order valence-corrected chi connectivity index (χ3v) is 6.18. The van der Waals surface area contributed by atoms with Crippen molar-refractivity contribution in [3.8, 4) is 11.5 Å². The molecule has 3 aromatic rings. The van der Waals surface area contributed by atoms with E-state index in [1.807, 2.05) is 49.4 Å². The van der Waals surface area contributed by atoms with Gasteiger partial charge >= 0.3 is 0 Å². The van der Waals surface area contributed by atoms with Crippen LogP contribution in [0.5, 0.6) is 11.5 Å². The van der Waals surface area contributed by atoms with E-state index in [1.165, 1.54) is 16.7 Å². The Balaban J connectivity index is 1.72. The summed E-state index contributed by atoms with van der Waals surface area (Å²) in [6.07, 6.45) is 0. The number of amides is 2. The Hall–Kier alpha value is -3.51. The minimum Gasteiger partial charge on any atom is -0.497 e. The number of anilines is 1. The van der Waals surface area contributed by atoms with Crippen LogP contribution in [0.4, 0.5) is 5.69 Å². The quantitative estimate of drug-likeness (QED) is 0.440. The zero-order valence-corrected chi connectivity index (χ0v) is 18.7. The second kappa shape index (κ2) is 9.75. The number of rotatable bonds is 8. The van der Waals surface area contributed by atoms with E-state index in [4.69, 9.17) is 9.47 Å². The van der Waals surface area contributed by atoms with Crippen LogP contribution >= 0.6 is 11.8 Å². The first-order valence-corrected chi connectivity index (χ1v) is 11.3. The minimum absolute atomic E-state index is 0.324. The van der Waals surface area contributed by atoms with Gasteiger partial charge in [-0.2, -0.15) is 0 Å². The number of ether oxygens (including phenoxy) is 2. The first kappa shape index (κ1) is 21.7. The smallest absolute Gasteiger partial charge is 0.272 e. The summed E-state index contributed by atoms with van der Waals surface area (Å²) in [5, 5.41) is 0. The number of methoxy groups -OCH3 is 1. The van der Waals surface area contributed by atoms with Crippen molar-refractivity contribution in [2.45, 2.75) is 12.7 Å². The van der Waals surface area contributed by atoms with E-state index in [2.05, 4.69) is 0 Å². The summed E-state index contributed by atoms with van der Waals surface area (Å²) in [7, 11) is 1.59. The van der Waals surface area contributed by atoms with Crippen molar-refractivity contribution in [3.63, 3.8) is 0 Å². The fourth-order valence-corrected chi connectivity index (χ4v) is 4.57. The third kappa shape index (κ3) is 4.41. The molecule has 1 aliphatic rings. The van der Waals surface area contributed by atoms with E-state index in [1.54, 1.807) is 43.5 Å². The number of nitrogens with zero attached hydrogens (tertiary/aromatic N) is 1. The van der Waals surface area contributed by atoms with Gasteiger partial charge in [-0.05, 0) is 42.3 Å². The van der Waals surface area contributed by atoms with Crippen LogP contribution in [0.25, 0.3) is 5.57 Å². The first-order chi connectivity index (χ1) is 15.6. The lowest BCUT2D eigenvalue weighted by Gasteiger charge is -2.16. The lowest BCUT2D eigenvalue weighted by atomic mass is 10.1. The largest absolute Gasteiger partial charge is 0.497 e. The second-order valence-corrected chi connectivity index (χ2v) is 8.07. The molecule has 0 saturated heterocycles. The standard InChI is InChI=1S/C26H23NO4S/c1-3-31-22-11-7-10-20(16-22)27-25(28)23(19-12-14-21(30-2)15-13-19)24(26(27)29)32-17-18-8-5-4-6-9-18/h4-16H,3,17H2,1-2H3. The van der Waals surface area contributed by atoms with Crippen LogP contribution in [-0.4, -0.2) is 25.5 Å². The van der Waals surface area contributed by atoms with Crippen molar-refractivity contribution >= 4 is 34.8 Å². The minimum atomic E-state index is -0.343. The predicted molar refractivity (Wildman–Crippen MR) is 128 cm³/mol. The van der Waals surface area contributed by atoms with Crippen LogP contribution in [-0.2, 0) is 15.3 Å². The van der Waals surface area contributed by atoms with Gasteiger partial charge in [-0.1, -0.05) is 48.5 Å². The molecule has 0 spiro atoms. The SMILES string of the molecule is CCOc1cccc(N2C(=O)C(SCc3ccccc3)=C(c3ccc(OC)cc3)C2=O)c1. The van der Waals surface area contributed by atoms with Crippen molar-refractivity contribution < 1.29 is 19.1 Å². The molecule has 0 unspecified atom stereocenters. The molecule has 162 valence electrons. The van der Waals surface area contributed by atoms with Gasteiger partial charge in [-0.15, -0.1) is 11.8 Å². The average Bonchev–Trinajstić information content (AvgIpc) is 3.08. The number of hydrogen-bond acceptors (Lipinski definition) is 5. The van der Waals surface area contributed by atoms with Gasteiger partial charge in [0.25, 0.3) is 11.8 Å². The topological polar surface area (TPSA) is 55.8 Å². The Kier molecular flexibility index (Phi) is 6.61. The van der Waals surface area contributed by atoms with Gasteiger partial charge in [0.15, 0.2) is 0 Å². The zero-order chi connectivity index (χ0) is 22.5. The molecule has 1 aliphatic heterocycles. The van der Waals surface area contributed by atoms with Crippen LogP contribution < -0.4 is 14.4 Å². The van der Waals surface area contributed by atoms with Crippen molar-refractivity contribution in [1.82, 2.24) is 0 Å². The highest BCUT2D eigenvalue weighted by Gasteiger charge is 2.40. The van der Waals surface area contributed by atoms with Gasteiger partial charge in [-0.3, -0.25) is 9.59 Å². The molecule has 0 N–H and O–H groups in total. The van der Waals surface area contributed by atoms with Crippen molar-refractivity contribution in [1.29, 1.82) is 0 Å². The van der Waals surface area contributed by atoms with E-state index in [0.717, 1.165) is 5.56 Å². The van der Waals surface area contributed by atoms with E-state index in [-0.39, 0.29) is 11.8 Å². The molecule has 0 aliphatic carbocycles. The van der Waals surface area contributed by atoms with Gasteiger partial charge in [0.05, 0.1) is 29.9 Å². The van der Waals surface area contributed by atoms with Crippen LogP contribution in [0.2, 0.25) is 0 Å². The number of thioether (sulfide) groups is 1. The first-order valence-electron chi connectivity index (χ1n) is 10.3. The van der Waals surface area contributed by atoms with Crippen LogP contribution in [0, 0.1) is 0 Å². The van der Waals surface area contributed by atoms with Crippen LogP contribution in [0.1, 0.15) is 18.1 Å². The molecule has 2 amide bonds. The Bertz CT molecular complexity index is 1160. The van der Waals surface area contributed by atoms with Crippen molar-refractivity contribution in [2.24, 2.45) is 0 Å². The van der Waals surface area contributed by atoms with Crippen molar-refractivity contribution in [2.75, 3.05) is 18.6 Å². The Morgan fingerprint density at radius 2 is 1.59 bits per heavy atom. The summed E-state index contributed by atoms with van der Waals surface area (Å²) in [5.41, 5.74) is 2.66. The monoisotopic (exact) mass is 445 g/mol. The van der Waals surface area contributed by atoms with Crippen LogP contribution in [0.3, 0.4) is 0 Å². The molecule has 0 aromatic heterocycles. The molecule has 0 atom stereocenters. The zero-order valence-electron chi connectivity index (χ0n) is 17.9. The summed E-state index contributed by atoms with van der Waals surface area (Å²) in [6.45, 7) is 2.39. The van der Waals surface area contributed by atoms with E-state index >= 15 is 0 Å². The Morgan fingerprint density at radius 3 is 2.28 bits per heavy atom. The van der Waals surface area contributed by atoms with Crippen molar-refractivity contribution in [3.05, 3.63) is 94.9 Å².